The van der Waals surface area contributed by atoms with Gasteiger partial charge in [-0.2, -0.15) is 0 Å². The minimum Gasteiger partial charge on any atom is -0.379 e. The van der Waals surface area contributed by atoms with Crippen molar-refractivity contribution < 1.29 is 52.1 Å². The fraction of sp³-hybridized carbons (Fsp3) is 1.00. The molecule has 1 aliphatic heterocycles. The van der Waals surface area contributed by atoms with Gasteiger partial charge in [-0.05, 0) is 32.4 Å². The zero-order chi connectivity index (χ0) is 34.8. The summed E-state index contributed by atoms with van der Waals surface area (Å²) in [4.78, 5) is 0. The summed E-state index contributed by atoms with van der Waals surface area (Å²) in [7, 11) is 0. The molecule has 0 amide bonds. The molecule has 0 unspecified atom stereocenters. The van der Waals surface area contributed by atoms with Crippen LogP contribution in [0.3, 0.4) is 0 Å². The summed E-state index contributed by atoms with van der Waals surface area (Å²) in [6.45, 7) is 16.4. The van der Waals surface area contributed by atoms with Crippen LogP contribution in [-0.4, -0.2) is 158 Å². The highest BCUT2D eigenvalue weighted by atomic mass is 16.6. The summed E-state index contributed by atoms with van der Waals surface area (Å²) in [6.07, 6.45) is 16.0. The van der Waals surface area contributed by atoms with E-state index in [9.17, 15) is 0 Å². The fourth-order valence-corrected chi connectivity index (χ4v) is 5.01. The molecule has 49 heavy (non-hydrogen) atoms. The van der Waals surface area contributed by atoms with Crippen molar-refractivity contribution in [3.63, 3.8) is 0 Å². The monoisotopic (exact) mass is 710 g/mol. The number of nitrogens with one attached hydrogen (secondary N) is 1. The Labute approximate surface area is 299 Å². The van der Waals surface area contributed by atoms with Crippen molar-refractivity contribution in [2.24, 2.45) is 0 Å². The second kappa shape index (κ2) is 41.9. The highest BCUT2D eigenvalue weighted by Crippen LogP contribution is 2.10. The van der Waals surface area contributed by atoms with E-state index >= 15 is 0 Å². The van der Waals surface area contributed by atoms with Gasteiger partial charge in [-0.1, -0.05) is 64.7 Å². The van der Waals surface area contributed by atoms with Crippen molar-refractivity contribution in [1.29, 1.82) is 0 Å². The second-order valence-electron chi connectivity index (χ2n) is 12.1. The molecule has 1 heterocycles. The molecule has 294 valence electrons. The molecule has 0 atom stereocenters. The van der Waals surface area contributed by atoms with Crippen molar-refractivity contribution >= 4 is 0 Å². The normalized spacial score (nSPS) is 13.9. The van der Waals surface area contributed by atoms with Crippen LogP contribution in [0.4, 0.5) is 0 Å². The smallest absolute Gasteiger partial charge is 0.0704 e. The first-order chi connectivity index (χ1) is 24.4. The lowest BCUT2D eigenvalue weighted by molar-refractivity contribution is -0.0324. The third kappa shape index (κ3) is 38.6. The summed E-state index contributed by atoms with van der Waals surface area (Å²) in [5.41, 5.74) is 0. The van der Waals surface area contributed by atoms with Crippen molar-refractivity contribution in [3.05, 3.63) is 0 Å². The average molecular weight is 710 g/mol. The van der Waals surface area contributed by atoms with E-state index in [1.54, 1.807) is 0 Å². The maximum absolute atomic E-state index is 5.80. The zero-order valence-corrected chi connectivity index (χ0v) is 31.3. The molecular formula is C37H75NO11. The van der Waals surface area contributed by atoms with Gasteiger partial charge in [-0.3, -0.25) is 0 Å². The van der Waals surface area contributed by atoms with Crippen LogP contribution in [0.15, 0.2) is 0 Å². The molecular weight excluding hydrogens is 634 g/mol. The van der Waals surface area contributed by atoms with Crippen molar-refractivity contribution in [2.75, 3.05) is 152 Å². The van der Waals surface area contributed by atoms with E-state index in [4.69, 9.17) is 52.1 Å². The Morgan fingerprint density at radius 3 is 0.918 bits per heavy atom. The number of hydrogen-bond acceptors (Lipinski definition) is 12. The summed E-state index contributed by atoms with van der Waals surface area (Å²) in [5, 5.41) is 3.33. The summed E-state index contributed by atoms with van der Waals surface area (Å²) < 4.78 is 61.1. The Morgan fingerprint density at radius 1 is 0.327 bits per heavy atom. The van der Waals surface area contributed by atoms with Gasteiger partial charge in [0.25, 0.3) is 0 Å². The van der Waals surface area contributed by atoms with E-state index < -0.39 is 0 Å². The van der Waals surface area contributed by atoms with Gasteiger partial charge in [-0.15, -0.1) is 0 Å². The fourth-order valence-electron chi connectivity index (χ4n) is 5.01. The van der Waals surface area contributed by atoms with E-state index in [-0.39, 0.29) is 0 Å². The van der Waals surface area contributed by atoms with Crippen LogP contribution in [0.25, 0.3) is 0 Å². The molecule has 0 saturated carbocycles. The van der Waals surface area contributed by atoms with Crippen LogP contribution in [0.5, 0.6) is 0 Å². The van der Waals surface area contributed by atoms with Gasteiger partial charge in [0.2, 0.25) is 0 Å². The van der Waals surface area contributed by atoms with Crippen LogP contribution in [0.2, 0.25) is 0 Å². The Bertz CT molecular complexity index is 603. The molecule has 1 rings (SSSR count). The molecule has 0 aliphatic carbocycles. The van der Waals surface area contributed by atoms with Gasteiger partial charge < -0.3 is 57.4 Å². The Kier molecular flexibility index (Phi) is 39.8. The van der Waals surface area contributed by atoms with E-state index in [1.165, 1.54) is 57.8 Å². The highest BCUT2D eigenvalue weighted by Gasteiger charge is 2.12. The highest BCUT2D eigenvalue weighted by molar-refractivity contribution is 4.67. The number of rotatable bonds is 42. The molecule has 1 aliphatic rings. The second-order valence-corrected chi connectivity index (χ2v) is 12.1. The predicted octanol–water partition coefficient (Wildman–Crippen LogP) is 4.84. The number of hydrogen-bond donors (Lipinski definition) is 1. The summed E-state index contributed by atoms with van der Waals surface area (Å²) >= 11 is 0. The van der Waals surface area contributed by atoms with Crippen LogP contribution in [0.1, 0.15) is 84.0 Å². The molecule has 1 N–H and O–H groups in total. The van der Waals surface area contributed by atoms with Gasteiger partial charge in [0.05, 0.1) is 138 Å². The number of ether oxygens (including phenoxy) is 11. The van der Waals surface area contributed by atoms with E-state index in [2.05, 4.69) is 12.2 Å². The molecule has 1 fully saturated rings. The molecule has 0 aromatic heterocycles. The SMILES string of the molecule is CCCCCCCCCCCCOCCOCCOCCOCCOCCOCCOCCOCCOCCOCCOC1CCNCC1. The Balaban J connectivity index is 1.59. The Hall–Kier alpha value is -0.480. The average Bonchev–Trinajstić information content (AvgIpc) is 3.12. The van der Waals surface area contributed by atoms with E-state index in [0.29, 0.717) is 138 Å². The minimum atomic E-state index is 0.375. The summed E-state index contributed by atoms with van der Waals surface area (Å²) in [5.74, 6) is 0. The van der Waals surface area contributed by atoms with Gasteiger partial charge in [0, 0.05) is 6.61 Å². The van der Waals surface area contributed by atoms with Gasteiger partial charge >= 0.3 is 0 Å². The quantitative estimate of drug-likeness (QED) is 0.0876. The molecule has 0 bridgehead atoms. The van der Waals surface area contributed by atoms with Crippen LogP contribution in [0, 0.1) is 0 Å². The van der Waals surface area contributed by atoms with Crippen molar-refractivity contribution in [2.45, 2.75) is 90.1 Å². The van der Waals surface area contributed by atoms with Crippen LogP contribution in [-0.2, 0) is 52.1 Å². The van der Waals surface area contributed by atoms with Crippen molar-refractivity contribution in [3.8, 4) is 0 Å². The first-order valence-corrected chi connectivity index (χ1v) is 19.5. The lowest BCUT2D eigenvalue weighted by Crippen LogP contribution is -2.33. The molecule has 0 spiro atoms. The minimum absolute atomic E-state index is 0.375. The molecule has 0 aromatic rings. The van der Waals surface area contributed by atoms with Crippen molar-refractivity contribution in [1.82, 2.24) is 5.32 Å². The topological polar surface area (TPSA) is 114 Å². The van der Waals surface area contributed by atoms with Crippen LogP contribution >= 0.6 is 0 Å². The third-order valence-corrected chi connectivity index (χ3v) is 7.86. The maximum Gasteiger partial charge on any atom is 0.0704 e. The maximum atomic E-state index is 5.80. The predicted molar refractivity (Wildman–Crippen MR) is 192 cm³/mol. The zero-order valence-electron chi connectivity index (χ0n) is 31.3. The van der Waals surface area contributed by atoms with E-state index in [0.717, 1.165) is 39.0 Å². The largest absolute Gasteiger partial charge is 0.379 e. The third-order valence-electron chi connectivity index (χ3n) is 7.86. The molecule has 0 aromatic carbocycles. The first kappa shape index (κ1) is 46.5. The molecule has 12 heteroatoms. The lowest BCUT2D eigenvalue weighted by atomic mass is 10.1. The van der Waals surface area contributed by atoms with Gasteiger partial charge in [-0.25, -0.2) is 0 Å². The molecule has 1 saturated heterocycles. The molecule has 0 radical (unpaired) electrons. The molecule has 12 nitrogen and oxygen atoms in total. The number of unbranched alkanes of at least 4 members (excludes halogenated alkanes) is 9. The summed E-state index contributed by atoms with van der Waals surface area (Å²) in [6, 6.07) is 0. The van der Waals surface area contributed by atoms with Gasteiger partial charge in [0.1, 0.15) is 0 Å². The van der Waals surface area contributed by atoms with Crippen LogP contribution < -0.4 is 5.32 Å². The van der Waals surface area contributed by atoms with E-state index in [1.807, 2.05) is 0 Å². The van der Waals surface area contributed by atoms with Gasteiger partial charge in [0.15, 0.2) is 0 Å². The standard InChI is InChI=1S/C37H75NO11/c1-2-3-4-5-6-7-8-9-10-11-16-39-17-18-40-19-20-41-21-22-42-23-24-43-25-26-44-27-28-45-29-30-46-31-32-47-33-34-48-35-36-49-37-12-14-38-15-13-37/h37-38H,2-36H2,1H3. The first-order valence-electron chi connectivity index (χ1n) is 19.5. The Morgan fingerprint density at radius 2 is 0.592 bits per heavy atom. The number of piperidine rings is 1. The lowest BCUT2D eigenvalue weighted by Gasteiger charge is -2.22.